The van der Waals surface area contributed by atoms with Crippen LogP contribution in [0, 0.1) is 5.92 Å². The smallest absolute Gasteiger partial charge is 0.245 e. The van der Waals surface area contributed by atoms with Gasteiger partial charge in [-0.2, -0.15) is 4.98 Å². The van der Waals surface area contributed by atoms with Crippen LogP contribution in [0.3, 0.4) is 0 Å². The zero-order valence-corrected chi connectivity index (χ0v) is 18.2. The molecule has 0 bridgehead atoms. The lowest BCUT2D eigenvalue weighted by atomic mass is 10.1. The molecule has 0 unspecified atom stereocenters. The van der Waals surface area contributed by atoms with Crippen molar-refractivity contribution in [1.82, 2.24) is 15.0 Å². The summed E-state index contributed by atoms with van der Waals surface area (Å²) in [5, 5.41) is 3.50. The maximum atomic E-state index is 12.9. The number of rotatable bonds is 9. The minimum Gasteiger partial charge on any atom is -0.346 e. The van der Waals surface area contributed by atoms with Gasteiger partial charge in [-0.15, -0.1) is 0 Å². The summed E-state index contributed by atoms with van der Waals surface area (Å²) >= 11 is 0. The van der Waals surface area contributed by atoms with Gasteiger partial charge in [0, 0.05) is 35.2 Å². The van der Waals surface area contributed by atoms with Crippen LogP contribution in [0.15, 0.2) is 36.5 Å². The number of H-pyrrole nitrogens is 1. The van der Waals surface area contributed by atoms with E-state index in [1.807, 2.05) is 6.07 Å². The van der Waals surface area contributed by atoms with Gasteiger partial charge in [0.05, 0.1) is 11.4 Å². The highest BCUT2D eigenvalue weighted by atomic mass is 32.2. The third-order valence-electron chi connectivity index (χ3n) is 5.06. The molecular weight excluding hydrogens is 440 g/mol. The van der Waals surface area contributed by atoms with Crippen LogP contribution < -0.4 is 10.0 Å². The van der Waals surface area contributed by atoms with E-state index in [9.17, 15) is 22.0 Å². The van der Waals surface area contributed by atoms with E-state index in [4.69, 9.17) is 0 Å². The molecule has 2 heterocycles. The van der Waals surface area contributed by atoms with Crippen molar-refractivity contribution in [3.8, 4) is 11.3 Å². The van der Waals surface area contributed by atoms with Crippen LogP contribution in [0.5, 0.6) is 0 Å². The highest BCUT2D eigenvalue weighted by molar-refractivity contribution is 7.92. The molecule has 1 aromatic carbocycles. The maximum Gasteiger partial charge on any atom is 0.245 e. The molecule has 0 atom stereocenters. The summed E-state index contributed by atoms with van der Waals surface area (Å²) in [4.78, 5) is 23.9. The number of amides is 1. The van der Waals surface area contributed by atoms with Gasteiger partial charge in [-0.25, -0.2) is 22.2 Å². The summed E-state index contributed by atoms with van der Waals surface area (Å²) in [7, 11) is -3.74. The number of carbonyl (C=O) groups is 1. The molecule has 32 heavy (non-hydrogen) atoms. The number of hydrogen-bond acceptors (Lipinski definition) is 5. The fourth-order valence-electron chi connectivity index (χ4n) is 3.27. The average molecular weight is 464 g/mol. The van der Waals surface area contributed by atoms with E-state index in [1.54, 1.807) is 30.5 Å². The van der Waals surface area contributed by atoms with E-state index in [0.29, 0.717) is 22.6 Å². The minimum atomic E-state index is -3.74. The number of sulfonamides is 1. The fourth-order valence-corrected chi connectivity index (χ4v) is 4.40. The number of carbonyl (C=O) groups excluding carboxylic acids is 1. The zero-order chi connectivity index (χ0) is 22.9. The third-order valence-corrected chi connectivity index (χ3v) is 6.43. The highest BCUT2D eigenvalue weighted by Gasteiger charge is 2.30. The molecule has 11 heteroatoms. The Hall–Kier alpha value is -3.08. The third kappa shape index (κ3) is 5.58. The van der Waals surface area contributed by atoms with Crippen molar-refractivity contribution in [2.45, 2.75) is 38.5 Å². The number of nitrogens with zero attached hydrogens (tertiary/aromatic N) is 2. The number of hydrogen-bond donors (Lipinski definition) is 3. The van der Waals surface area contributed by atoms with Crippen LogP contribution in [0.25, 0.3) is 22.3 Å². The molecule has 2 aromatic heterocycles. The summed E-state index contributed by atoms with van der Waals surface area (Å²) < 4.78 is 52.6. The molecule has 0 spiro atoms. The highest BCUT2D eigenvalue weighted by Crippen LogP contribution is 2.31. The van der Waals surface area contributed by atoms with E-state index >= 15 is 0 Å². The number of halogens is 2. The Kier molecular flexibility index (Phi) is 5.85. The summed E-state index contributed by atoms with van der Waals surface area (Å²) in [5.41, 5.74) is 2.17. The first kappa shape index (κ1) is 22.1. The van der Waals surface area contributed by atoms with Gasteiger partial charge in [0.2, 0.25) is 27.8 Å². The number of aromatic nitrogens is 3. The first-order chi connectivity index (χ1) is 15.1. The molecule has 1 fully saturated rings. The van der Waals surface area contributed by atoms with Gasteiger partial charge in [-0.1, -0.05) is 12.1 Å². The van der Waals surface area contributed by atoms with Crippen LogP contribution in [-0.4, -0.2) is 41.0 Å². The predicted octanol–water partition coefficient (Wildman–Crippen LogP) is 4.15. The standard InChI is InChI=1S/C21H23F2N5O3S/c1-21(22,23)10-2-12-32(30,31)28-15-7-5-13(6-8-15)17-16-9-11-24-18(16)26-20(25-17)27-19(29)14-3-4-14/h5-9,11,14,28H,2-4,10,12H2,1H3,(H2,24,25,26,27,29). The molecule has 170 valence electrons. The van der Waals surface area contributed by atoms with Crippen molar-refractivity contribution >= 4 is 38.6 Å². The summed E-state index contributed by atoms with van der Waals surface area (Å²) in [5.74, 6) is -3.18. The van der Waals surface area contributed by atoms with Gasteiger partial charge < -0.3 is 4.98 Å². The van der Waals surface area contributed by atoms with E-state index < -0.39 is 28.1 Å². The lowest BCUT2D eigenvalue weighted by Crippen LogP contribution is -2.19. The van der Waals surface area contributed by atoms with Crippen LogP contribution in [-0.2, 0) is 14.8 Å². The molecule has 4 rings (SSSR count). The Morgan fingerprint density at radius 2 is 1.91 bits per heavy atom. The second-order valence-electron chi connectivity index (χ2n) is 8.07. The molecule has 3 N–H and O–H groups in total. The maximum absolute atomic E-state index is 12.9. The molecule has 0 saturated heterocycles. The Bertz CT molecular complexity index is 1230. The quantitative estimate of drug-likeness (QED) is 0.441. The van der Waals surface area contributed by atoms with Gasteiger partial charge in [-0.3, -0.25) is 14.8 Å². The average Bonchev–Trinajstić information content (AvgIpc) is 3.45. The molecular formula is C21H23F2N5O3S. The van der Waals surface area contributed by atoms with Crippen LogP contribution in [0.4, 0.5) is 20.4 Å². The molecule has 3 aromatic rings. The van der Waals surface area contributed by atoms with Crippen molar-refractivity contribution in [2.24, 2.45) is 5.92 Å². The molecule has 1 saturated carbocycles. The van der Waals surface area contributed by atoms with Crippen LogP contribution in [0.1, 0.15) is 32.6 Å². The SMILES string of the molecule is CC(F)(F)CCCS(=O)(=O)Nc1ccc(-c2nc(NC(=O)C3CC3)nc3[nH]ccc23)cc1. The number of anilines is 2. The predicted molar refractivity (Wildman–Crippen MR) is 118 cm³/mol. The zero-order valence-electron chi connectivity index (χ0n) is 17.4. The normalized spacial score (nSPS) is 14.5. The Balaban J connectivity index is 1.51. The lowest BCUT2D eigenvalue weighted by Gasteiger charge is -2.12. The van der Waals surface area contributed by atoms with Crippen molar-refractivity contribution < 1.29 is 22.0 Å². The molecule has 1 aliphatic rings. The van der Waals surface area contributed by atoms with Gasteiger partial charge >= 0.3 is 0 Å². The van der Waals surface area contributed by atoms with Gasteiger partial charge in [0.25, 0.3) is 0 Å². The largest absolute Gasteiger partial charge is 0.346 e. The first-order valence-corrected chi connectivity index (χ1v) is 11.9. The van der Waals surface area contributed by atoms with E-state index in [1.165, 1.54) is 0 Å². The Morgan fingerprint density at radius 3 is 2.56 bits per heavy atom. The summed E-state index contributed by atoms with van der Waals surface area (Å²) in [6.45, 7) is 0.767. The van der Waals surface area contributed by atoms with Crippen molar-refractivity contribution in [3.63, 3.8) is 0 Å². The number of aromatic amines is 1. The fraction of sp³-hybridized carbons (Fsp3) is 0.381. The lowest BCUT2D eigenvalue weighted by molar-refractivity contribution is -0.117. The van der Waals surface area contributed by atoms with Gasteiger partial charge in [0.1, 0.15) is 5.65 Å². The Morgan fingerprint density at radius 1 is 1.19 bits per heavy atom. The number of nitrogens with one attached hydrogen (secondary N) is 3. The summed E-state index contributed by atoms with van der Waals surface area (Å²) in [6.07, 6.45) is 2.81. The molecule has 0 radical (unpaired) electrons. The minimum absolute atomic E-state index is 0.0113. The molecule has 1 aliphatic carbocycles. The number of alkyl halides is 2. The van der Waals surface area contributed by atoms with Crippen LogP contribution in [0.2, 0.25) is 0 Å². The molecule has 0 aliphatic heterocycles. The van der Waals surface area contributed by atoms with Crippen molar-refractivity contribution in [3.05, 3.63) is 36.5 Å². The van der Waals surface area contributed by atoms with E-state index in [2.05, 4.69) is 25.0 Å². The number of fused-ring (bicyclic) bond motifs is 1. The molecule has 8 nitrogen and oxygen atoms in total. The van der Waals surface area contributed by atoms with E-state index in [-0.39, 0.29) is 24.2 Å². The molecule has 1 amide bonds. The van der Waals surface area contributed by atoms with Crippen molar-refractivity contribution in [2.75, 3.05) is 15.8 Å². The second-order valence-corrected chi connectivity index (χ2v) is 9.91. The van der Waals surface area contributed by atoms with E-state index in [0.717, 1.165) is 25.2 Å². The van der Waals surface area contributed by atoms with Gasteiger partial charge in [0.15, 0.2) is 0 Å². The number of benzene rings is 1. The second kappa shape index (κ2) is 8.45. The van der Waals surface area contributed by atoms with Gasteiger partial charge in [-0.05, 0) is 44.4 Å². The van der Waals surface area contributed by atoms with Crippen LogP contribution >= 0.6 is 0 Å². The topological polar surface area (TPSA) is 117 Å². The monoisotopic (exact) mass is 463 g/mol. The Labute approximate surface area is 183 Å². The first-order valence-electron chi connectivity index (χ1n) is 10.2. The summed E-state index contributed by atoms with van der Waals surface area (Å²) in [6, 6.07) is 8.35. The van der Waals surface area contributed by atoms with Crippen molar-refractivity contribution in [1.29, 1.82) is 0 Å².